The Kier molecular flexibility index (Phi) is 2.67. The molecular formula is C9H8ClN3OS. The molecule has 0 aromatic carbocycles. The highest BCUT2D eigenvalue weighted by Gasteiger charge is 2.08. The molecule has 4 nitrogen and oxygen atoms in total. The van der Waals surface area contributed by atoms with Crippen LogP contribution in [0.5, 0.6) is 0 Å². The fraction of sp³-hybridized carbons (Fsp3) is 0.222. The van der Waals surface area contributed by atoms with Crippen molar-refractivity contribution < 1.29 is 4.21 Å². The molecule has 0 spiro atoms. The molecule has 0 amide bonds. The number of halogens is 1. The van der Waals surface area contributed by atoms with Crippen LogP contribution in [0.1, 0.15) is 5.56 Å². The van der Waals surface area contributed by atoms with Gasteiger partial charge in [0.25, 0.3) is 0 Å². The van der Waals surface area contributed by atoms with E-state index < -0.39 is 10.8 Å². The first-order chi connectivity index (χ1) is 7.09. The Labute approximate surface area is 94.2 Å². The molecule has 2 aromatic rings. The number of aryl methyl sites for hydroxylation is 1. The molecule has 2 aromatic heterocycles. The van der Waals surface area contributed by atoms with Crippen molar-refractivity contribution in [3.05, 3.63) is 23.1 Å². The predicted octanol–water partition coefficient (Wildman–Crippen LogP) is 1.72. The largest absolute Gasteiger partial charge is 0.251 e. The maximum Gasteiger partial charge on any atom is 0.218 e. The summed E-state index contributed by atoms with van der Waals surface area (Å²) in [5.74, 6) is 0. The van der Waals surface area contributed by atoms with Gasteiger partial charge in [0, 0.05) is 18.6 Å². The third kappa shape index (κ3) is 1.85. The van der Waals surface area contributed by atoms with Gasteiger partial charge in [-0.25, -0.2) is 15.0 Å². The molecule has 1 unspecified atom stereocenters. The van der Waals surface area contributed by atoms with Gasteiger partial charge in [-0.05, 0) is 12.5 Å². The van der Waals surface area contributed by atoms with Crippen LogP contribution in [0.25, 0.3) is 10.9 Å². The van der Waals surface area contributed by atoms with Crippen molar-refractivity contribution in [1.82, 2.24) is 15.0 Å². The molecule has 15 heavy (non-hydrogen) atoms. The standard InChI is InChI=1S/C9H8ClN3OS/c1-5-3-11-8(10)6-4-12-9(15(2)14)13-7(5)6/h3-4H,1-2H3. The second-order valence-corrected chi connectivity index (χ2v) is 4.73. The summed E-state index contributed by atoms with van der Waals surface area (Å²) in [4.78, 5) is 12.2. The molecule has 0 aliphatic rings. The molecule has 78 valence electrons. The normalized spacial score (nSPS) is 13.0. The number of fused-ring (bicyclic) bond motifs is 1. The number of nitrogens with zero attached hydrogens (tertiary/aromatic N) is 3. The van der Waals surface area contributed by atoms with E-state index >= 15 is 0 Å². The fourth-order valence-corrected chi connectivity index (χ4v) is 1.85. The molecule has 0 N–H and O–H groups in total. The zero-order valence-corrected chi connectivity index (χ0v) is 9.76. The zero-order chi connectivity index (χ0) is 11.0. The van der Waals surface area contributed by atoms with Crippen molar-refractivity contribution in [2.75, 3.05) is 6.26 Å². The van der Waals surface area contributed by atoms with E-state index in [0.29, 0.717) is 21.2 Å². The van der Waals surface area contributed by atoms with Gasteiger partial charge in [0.05, 0.1) is 21.7 Å². The molecule has 1 atom stereocenters. The van der Waals surface area contributed by atoms with Gasteiger partial charge in [0.15, 0.2) is 0 Å². The van der Waals surface area contributed by atoms with Gasteiger partial charge in [0.2, 0.25) is 5.16 Å². The lowest BCUT2D eigenvalue weighted by molar-refractivity contribution is 0.680. The van der Waals surface area contributed by atoms with E-state index in [0.717, 1.165) is 5.56 Å². The Morgan fingerprint density at radius 1 is 1.33 bits per heavy atom. The van der Waals surface area contributed by atoms with E-state index in [4.69, 9.17) is 11.6 Å². The van der Waals surface area contributed by atoms with Crippen LogP contribution in [0.3, 0.4) is 0 Å². The second-order valence-electron chi connectivity index (χ2n) is 3.10. The van der Waals surface area contributed by atoms with Crippen LogP contribution in [0, 0.1) is 6.92 Å². The summed E-state index contributed by atoms with van der Waals surface area (Å²) in [5.41, 5.74) is 1.60. The highest BCUT2D eigenvalue weighted by molar-refractivity contribution is 7.84. The predicted molar refractivity (Wildman–Crippen MR) is 59.4 cm³/mol. The Morgan fingerprint density at radius 3 is 2.73 bits per heavy atom. The van der Waals surface area contributed by atoms with Gasteiger partial charge in [-0.15, -0.1) is 0 Å². The minimum Gasteiger partial charge on any atom is -0.251 e. The SMILES string of the molecule is Cc1cnc(Cl)c2cnc(S(C)=O)nc12. The zero-order valence-electron chi connectivity index (χ0n) is 8.19. The maximum absolute atomic E-state index is 11.2. The highest BCUT2D eigenvalue weighted by Crippen LogP contribution is 2.21. The van der Waals surface area contributed by atoms with Crippen LogP contribution < -0.4 is 0 Å². The van der Waals surface area contributed by atoms with Crippen LogP contribution >= 0.6 is 11.6 Å². The van der Waals surface area contributed by atoms with E-state index in [1.54, 1.807) is 18.6 Å². The highest BCUT2D eigenvalue weighted by atomic mass is 35.5. The Hall–Kier alpha value is -1.07. The molecular weight excluding hydrogens is 234 g/mol. The topological polar surface area (TPSA) is 55.7 Å². The van der Waals surface area contributed by atoms with Crippen molar-refractivity contribution in [1.29, 1.82) is 0 Å². The van der Waals surface area contributed by atoms with Crippen molar-refractivity contribution in [2.24, 2.45) is 0 Å². The van der Waals surface area contributed by atoms with Crippen molar-refractivity contribution in [2.45, 2.75) is 12.1 Å². The molecule has 0 fully saturated rings. The molecule has 0 saturated heterocycles. The number of pyridine rings is 1. The smallest absolute Gasteiger partial charge is 0.218 e. The van der Waals surface area contributed by atoms with E-state index in [1.807, 2.05) is 6.92 Å². The van der Waals surface area contributed by atoms with Crippen molar-refractivity contribution in [3.8, 4) is 0 Å². The van der Waals surface area contributed by atoms with Crippen LogP contribution in [-0.2, 0) is 10.8 Å². The summed E-state index contributed by atoms with van der Waals surface area (Å²) in [6.45, 7) is 1.88. The lowest BCUT2D eigenvalue weighted by Gasteiger charge is -2.03. The van der Waals surface area contributed by atoms with Gasteiger partial charge in [-0.2, -0.15) is 0 Å². The first kappa shape index (κ1) is 10.4. The fourth-order valence-electron chi connectivity index (χ4n) is 1.24. The Balaban J connectivity index is 2.81. The average Bonchev–Trinajstić information content (AvgIpc) is 2.23. The van der Waals surface area contributed by atoms with E-state index in [1.165, 1.54) is 0 Å². The minimum absolute atomic E-state index is 0.313. The summed E-state index contributed by atoms with van der Waals surface area (Å²) < 4.78 is 11.2. The van der Waals surface area contributed by atoms with Gasteiger partial charge < -0.3 is 0 Å². The van der Waals surface area contributed by atoms with Crippen LogP contribution in [0.15, 0.2) is 17.6 Å². The third-order valence-electron chi connectivity index (χ3n) is 1.99. The Morgan fingerprint density at radius 2 is 2.07 bits per heavy atom. The lowest BCUT2D eigenvalue weighted by Crippen LogP contribution is -1.98. The van der Waals surface area contributed by atoms with E-state index in [9.17, 15) is 4.21 Å². The molecule has 0 saturated carbocycles. The van der Waals surface area contributed by atoms with Crippen LogP contribution in [0.4, 0.5) is 0 Å². The molecule has 2 rings (SSSR count). The molecule has 0 bridgehead atoms. The first-order valence-corrected chi connectivity index (χ1v) is 6.14. The summed E-state index contributed by atoms with van der Waals surface area (Å²) in [6, 6.07) is 0. The van der Waals surface area contributed by atoms with Crippen LogP contribution in [0.2, 0.25) is 5.15 Å². The third-order valence-corrected chi connectivity index (χ3v) is 3.00. The average molecular weight is 242 g/mol. The van der Waals surface area contributed by atoms with Crippen molar-refractivity contribution >= 4 is 33.3 Å². The van der Waals surface area contributed by atoms with Gasteiger partial charge in [0.1, 0.15) is 5.15 Å². The maximum atomic E-state index is 11.2. The van der Waals surface area contributed by atoms with E-state index in [2.05, 4.69) is 15.0 Å². The number of hydrogen-bond donors (Lipinski definition) is 0. The number of rotatable bonds is 1. The number of hydrogen-bond acceptors (Lipinski definition) is 4. The minimum atomic E-state index is -1.19. The molecule has 6 heteroatoms. The summed E-state index contributed by atoms with van der Waals surface area (Å²) >= 11 is 5.89. The van der Waals surface area contributed by atoms with Gasteiger partial charge in [-0.3, -0.25) is 4.21 Å². The molecule has 0 aliphatic carbocycles. The Bertz CT molecular complexity index is 558. The summed E-state index contributed by atoms with van der Waals surface area (Å²) in [7, 11) is -1.19. The van der Waals surface area contributed by atoms with Crippen LogP contribution in [-0.4, -0.2) is 25.4 Å². The number of aromatic nitrogens is 3. The van der Waals surface area contributed by atoms with E-state index in [-0.39, 0.29) is 0 Å². The summed E-state index contributed by atoms with van der Waals surface area (Å²) in [6.07, 6.45) is 4.74. The lowest BCUT2D eigenvalue weighted by atomic mass is 10.2. The van der Waals surface area contributed by atoms with Gasteiger partial charge >= 0.3 is 0 Å². The quantitative estimate of drug-likeness (QED) is 0.564. The molecule has 0 aliphatic heterocycles. The monoisotopic (exact) mass is 241 g/mol. The second kappa shape index (κ2) is 3.83. The van der Waals surface area contributed by atoms with Gasteiger partial charge in [-0.1, -0.05) is 11.6 Å². The summed E-state index contributed by atoms with van der Waals surface area (Å²) in [5, 5.41) is 1.36. The molecule has 0 radical (unpaired) electrons. The molecule has 2 heterocycles. The first-order valence-electron chi connectivity index (χ1n) is 4.21. The van der Waals surface area contributed by atoms with Crippen molar-refractivity contribution in [3.63, 3.8) is 0 Å².